The van der Waals surface area contributed by atoms with Crippen LogP contribution in [0.25, 0.3) is 0 Å². The molecule has 0 bridgehead atoms. The monoisotopic (exact) mass is 256 g/mol. The molecule has 0 aromatic heterocycles. The second-order valence-corrected chi connectivity index (χ2v) is 4.24. The molecule has 2 rings (SSSR count). The number of carbonyl (C=O) groups is 1. The molecule has 1 fully saturated rings. The van der Waals surface area contributed by atoms with Crippen molar-refractivity contribution in [1.82, 2.24) is 4.90 Å². The summed E-state index contributed by atoms with van der Waals surface area (Å²) < 4.78 is 25.7. The van der Waals surface area contributed by atoms with Crippen LogP contribution < -0.4 is 5.32 Å². The molecule has 1 aliphatic heterocycles. The second-order valence-electron chi connectivity index (χ2n) is 4.24. The second kappa shape index (κ2) is 5.30. The highest BCUT2D eigenvalue weighted by atomic mass is 19.1. The van der Waals surface area contributed by atoms with E-state index in [9.17, 15) is 18.7 Å². The number of aliphatic hydroxyl groups excluding tert-OH is 1. The Hall–Kier alpha value is -1.69. The molecule has 2 N–H and O–H groups in total. The van der Waals surface area contributed by atoms with E-state index in [1.54, 1.807) is 0 Å². The van der Waals surface area contributed by atoms with E-state index in [4.69, 9.17) is 0 Å². The molecule has 1 heterocycles. The first-order valence-electron chi connectivity index (χ1n) is 5.65. The van der Waals surface area contributed by atoms with Crippen molar-refractivity contribution in [2.45, 2.75) is 12.3 Å². The molecule has 0 aliphatic carbocycles. The molecule has 1 aromatic carbocycles. The summed E-state index contributed by atoms with van der Waals surface area (Å²) in [5.41, 5.74) is 0.612. The van der Waals surface area contributed by atoms with Crippen LogP contribution in [0.3, 0.4) is 0 Å². The van der Waals surface area contributed by atoms with Gasteiger partial charge >= 0.3 is 0 Å². The van der Waals surface area contributed by atoms with Crippen molar-refractivity contribution >= 4 is 11.6 Å². The lowest BCUT2D eigenvalue weighted by atomic mass is 10.3. The molecule has 1 aliphatic rings. The summed E-state index contributed by atoms with van der Waals surface area (Å²) in [6.45, 7) is -0.0682. The number of halogens is 2. The van der Waals surface area contributed by atoms with Crippen LogP contribution in [-0.4, -0.2) is 47.8 Å². The van der Waals surface area contributed by atoms with Gasteiger partial charge in [-0.1, -0.05) is 0 Å². The molecule has 0 spiro atoms. The lowest BCUT2D eigenvalue weighted by Crippen LogP contribution is -2.34. The molecular formula is C12H14F2N2O2. The highest BCUT2D eigenvalue weighted by Crippen LogP contribution is 2.14. The molecule has 4 nitrogen and oxygen atoms in total. The number of alkyl halides is 1. The van der Waals surface area contributed by atoms with E-state index in [0.29, 0.717) is 5.69 Å². The Balaban J connectivity index is 1.83. The van der Waals surface area contributed by atoms with Gasteiger partial charge in [-0.05, 0) is 24.3 Å². The van der Waals surface area contributed by atoms with Gasteiger partial charge in [0.05, 0.1) is 13.1 Å². The van der Waals surface area contributed by atoms with Crippen LogP contribution in [0.2, 0.25) is 0 Å². The maximum absolute atomic E-state index is 13.0. The lowest BCUT2D eigenvalue weighted by Gasteiger charge is -2.15. The van der Waals surface area contributed by atoms with Gasteiger partial charge < -0.3 is 15.3 Å². The Morgan fingerprint density at radius 3 is 2.61 bits per heavy atom. The SMILES string of the molecule is O=C(CNc1ccc(F)cc1)N1C[C@@H](O)[C@H](F)C1. The molecule has 2 atom stereocenters. The van der Waals surface area contributed by atoms with Crippen LogP contribution in [0.1, 0.15) is 0 Å². The average Bonchev–Trinajstić information content (AvgIpc) is 2.69. The minimum absolute atomic E-state index is 0.00886. The van der Waals surface area contributed by atoms with Gasteiger partial charge in [0.25, 0.3) is 0 Å². The zero-order chi connectivity index (χ0) is 13.1. The van der Waals surface area contributed by atoms with E-state index in [-0.39, 0.29) is 31.4 Å². The third-order valence-corrected chi connectivity index (χ3v) is 2.86. The molecule has 0 unspecified atom stereocenters. The number of aliphatic hydroxyl groups is 1. The number of nitrogens with zero attached hydrogens (tertiary/aromatic N) is 1. The van der Waals surface area contributed by atoms with E-state index in [0.717, 1.165) is 0 Å². The Morgan fingerprint density at radius 1 is 1.39 bits per heavy atom. The van der Waals surface area contributed by atoms with E-state index < -0.39 is 12.3 Å². The number of likely N-dealkylation sites (tertiary alicyclic amines) is 1. The van der Waals surface area contributed by atoms with Crippen molar-refractivity contribution in [3.05, 3.63) is 30.1 Å². The number of rotatable bonds is 3. The fourth-order valence-corrected chi connectivity index (χ4v) is 1.81. The summed E-state index contributed by atoms with van der Waals surface area (Å²) in [5.74, 6) is -0.645. The minimum Gasteiger partial charge on any atom is -0.388 e. The van der Waals surface area contributed by atoms with E-state index in [1.165, 1.54) is 29.2 Å². The van der Waals surface area contributed by atoms with Gasteiger partial charge in [-0.3, -0.25) is 4.79 Å². The number of nitrogens with one attached hydrogen (secondary N) is 1. The number of carbonyl (C=O) groups excluding carboxylic acids is 1. The number of hydrogen-bond donors (Lipinski definition) is 2. The maximum Gasteiger partial charge on any atom is 0.242 e. The molecule has 0 radical (unpaired) electrons. The third-order valence-electron chi connectivity index (χ3n) is 2.86. The van der Waals surface area contributed by atoms with E-state index >= 15 is 0 Å². The molecule has 18 heavy (non-hydrogen) atoms. The molecule has 98 valence electrons. The van der Waals surface area contributed by atoms with Crippen molar-refractivity contribution in [2.75, 3.05) is 25.0 Å². The van der Waals surface area contributed by atoms with Crippen molar-refractivity contribution < 1.29 is 18.7 Å². The van der Waals surface area contributed by atoms with Crippen LogP contribution in [0.15, 0.2) is 24.3 Å². The Morgan fingerprint density at radius 2 is 2.06 bits per heavy atom. The average molecular weight is 256 g/mol. The summed E-state index contributed by atoms with van der Waals surface area (Å²) in [5, 5.41) is 12.0. The Labute approximate surface area is 103 Å². The van der Waals surface area contributed by atoms with E-state index in [2.05, 4.69) is 5.32 Å². The van der Waals surface area contributed by atoms with Crippen LogP contribution in [0.4, 0.5) is 14.5 Å². The lowest BCUT2D eigenvalue weighted by molar-refractivity contribution is -0.128. The van der Waals surface area contributed by atoms with Crippen molar-refractivity contribution in [3.8, 4) is 0 Å². The minimum atomic E-state index is -1.38. The molecule has 1 saturated heterocycles. The van der Waals surface area contributed by atoms with Gasteiger partial charge in [-0.2, -0.15) is 0 Å². The zero-order valence-corrected chi connectivity index (χ0v) is 9.64. The molecule has 6 heteroatoms. The van der Waals surface area contributed by atoms with Crippen LogP contribution in [0.5, 0.6) is 0 Å². The topological polar surface area (TPSA) is 52.6 Å². The van der Waals surface area contributed by atoms with Gasteiger partial charge in [0.1, 0.15) is 18.1 Å². The highest BCUT2D eigenvalue weighted by Gasteiger charge is 2.33. The normalized spacial score (nSPS) is 23.2. The summed E-state index contributed by atoms with van der Waals surface area (Å²) in [6, 6.07) is 5.59. The first kappa shape index (κ1) is 12.8. The van der Waals surface area contributed by atoms with Gasteiger partial charge in [0.15, 0.2) is 0 Å². The highest BCUT2D eigenvalue weighted by molar-refractivity contribution is 5.81. The summed E-state index contributed by atoms with van der Waals surface area (Å²) in [6.07, 6.45) is -2.47. The molecule has 1 amide bonds. The molecule has 0 saturated carbocycles. The van der Waals surface area contributed by atoms with Crippen LogP contribution in [-0.2, 0) is 4.79 Å². The largest absolute Gasteiger partial charge is 0.388 e. The quantitative estimate of drug-likeness (QED) is 0.840. The first-order chi connectivity index (χ1) is 8.56. The fourth-order valence-electron chi connectivity index (χ4n) is 1.81. The molecule has 1 aromatic rings. The number of anilines is 1. The summed E-state index contributed by atoms with van der Waals surface area (Å²) >= 11 is 0. The van der Waals surface area contributed by atoms with Gasteiger partial charge in [0.2, 0.25) is 5.91 Å². The van der Waals surface area contributed by atoms with Crippen LogP contribution in [0, 0.1) is 5.82 Å². The van der Waals surface area contributed by atoms with Crippen molar-refractivity contribution in [3.63, 3.8) is 0 Å². The summed E-state index contributed by atoms with van der Waals surface area (Å²) in [4.78, 5) is 13.0. The maximum atomic E-state index is 13.0. The van der Waals surface area contributed by atoms with Crippen molar-refractivity contribution in [1.29, 1.82) is 0 Å². The van der Waals surface area contributed by atoms with Gasteiger partial charge in [-0.15, -0.1) is 0 Å². The Kier molecular flexibility index (Phi) is 3.76. The number of β-amino-alcohol motifs (C(OH)–C–C–N with tert-alkyl or cyclic N) is 1. The number of benzene rings is 1. The fraction of sp³-hybridized carbons (Fsp3) is 0.417. The predicted molar refractivity (Wildman–Crippen MR) is 62.4 cm³/mol. The smallest absolute Gasteiger partial charge is 0.242 e. The number of hydrogen-bond acceptors (Lipinski definition) is 3. The first-order valence-corrected chi connectivity index (χ1v) is 5.65. The standard InChI is InChI=1S/C12H14F2N2O2/c13-8-1-3-9(4-2-8)15-5-12(18)16-6-10(14)11(17)7-16/h1-4,10-11,15,17H,5-7H2/t10-,11-/m1/s1. The van der Waals surface area contributed by atoms with Gasteiger partial charge in [-0.25, -0.2) is 8.78 Å². The summed E-state index contributed by atoms with van der Waals surface area (Å²) in [7, 11) is 0. The van der Waals surface area contributed by atoms with Gasteiger partial charge in [0, 0.05) is 12.2 Å². The zero-order valence-electron chi connectivity index (χ0n) is 9.64. The van der Waals surface area contributed by atoms with Crippen molar-refractivity contribution in [2.24, 2.45) is 0 Å². The van der Waals surface area contributed by atoms with E-state index in [1.807, 2.05) is 0 Å². The predicted octanol–water partition coefficient (Wildman–Crippen LogP) is 0.779. The Bertz CT molecular complexity index is 415. The number of amides is 1. The molecular weight excluding hydrogens is 242 g/mol. The van der Waals surface area contributed by atoms with Crippen LogP contribution >= 0.6 is 0 Å². The third kappa shape index (κ3) is 2.95.